The number of halogens is 1. The maximum absolute atomic E-state index is 6.13. The molecule has 18 heavy (non-hydrogen) atoms. The molecule has 1 aromatic carbocycles. The molecule has 0 amide bonds. The summed E-state index contributed by atoms with van der Waals surface area (Å²) in [5.41, 5.74) is 1.16. The zero-order valence-electron chi connectivity index (χ0n) is 11.2. The second-order valence-corrected chi connectivity index (χ2v) is 5.42. The molecule has 1 saturated carbocycles. The molecule has 1 aromatic rings. The van der Waals surface area contributed by atoms with Gasteiger partial charge in [0.25, 0.3) is 0 Å². The summed E-state index contributed by atoms with van der Waals surface area (Å²) < 4.78 is 6.13. The van der Waals surface area contributed by atoms with Gasteiger partial charge in [-0.25, -0.2) is 0 Å². The molecule has 1 unspecified atom stereocenters. The van der Waals surface area contributed by atoms with E-state index in [2.05, 4.69) is 18.3 Å². The number of likely N-dealkylation sites (N-methyl/N-ethyl adjacent to an activating group) is 1. The SMILES string of the molecule is CCOC1(C(NC)c2cccc(Cl)c2)CCCC1. The highest BCUT2D eigenvalue weighted by Gasteiger charge is 2.42. The zero-order chi connectivity index (χ0) is 13.0. The Balaban J connectivity index is 2.31. The third-order valence-electron chi connectivity index (χ3n) is 3.88. The summed E-state index contributed by atoms with van der Waals surface area (Å²) in [7, 11) is 2.00. The molecule has 3 heteroatoms. The van der Waals surface area contributed by atoms with E-state index >= 15 is 0 Å². The smallest absolute Gasteiger partial charge is 0.0876 e. The third kappa shape index (κ3) is 2.71. The third-order valence-corrected chi connectivity index (χ3v) is 4.11. The lowest BCUT2D eigenvalue weighted by molar-refractivity contribution is -0.0610. The van der Waals surface area contributed by atoms with Gasteiger partial charge >= 0.3 is 0 Å². The van der Waals surface area contributed by atoms with E-state index in [1.54, 1.807) is 0 Å². The van der Waals surface area contributed by atoms with E-state index in [0.29, 0.717) is 0 Å². The summed E-state index contributed by atoms with van der Waals surface area (Å²) in [6.45, 7) is 2.84. The van der Waals surface area contributed by atoms with Crippen LogP contribution in [0, 0.1) is 0 Å². The average Bonchev–Trinajstić information content (AvgIpc) is 2.80. The first kappa shape index (κ1) is 13.9. The Morgan fingerprint density at radius 3 is 2.67 bits per heavy atom. The van der Waals surface area contributed by atoms with Crippen LogP contribution in [0.4, 0.5) is 0 Å². The average molecular weight is 268 g/mol. The number of hydrogen-bond acceptors (Lipinski definition) is 2. The fourth-order valence-corrected chi connectivity index (χ4v) is 3.40. The first-order chi connectivity index (χ1) is 8.72. The van der Waals surface area contributed by atoms with Gasteiger partial charge in [-0.15, -0.1) is 0 Å². The lowest BCUT2D eigenvalue weighted by atomic mass is 9.86. The number of nitrogens with one attached hydrogen (secondary N) is 1. The summed E-state index contributed by atoms with van der Waals surface area (Å²) in [6, 6.07) is 8.32. The molecule has 2 nitrogen and oxygen atoms in total. The molecule has 0 aliphatic heterocycles. The fourth-order valence-electron chi connectivity index (χ4n) is 3.20. The predicted octanol–water partition coefficient (Wildman–Crippen LogP) is 3.95. The van der Waals surface area contributed by atoms with Crippen LogP contribution in [-0.4, -0.2) is 19.3 Å². The van der Waals surface area contributed by atoms with Crippen molar-refractivity contribution < 1.29 is 4.74 Å². The molecule has 0 heterocycles. The zero-order valence-corrected chi connectivity index (χ0v) is 12.0. The molecule has 0 saturated heterocycles. The van der Waals surface area contributed by atoms with Crippen molar-refractivity contribution >= 4 is 11.6 Å². The van der Waals surface area contributed by atoms with Crippen LogP contribution in [0.15, 0.2) is 24.3 Å². The van der Waals surface area contributed by atoms with Gasteiger partial charge < -0.3 is 10.1 Å². The van der Waals surface area contributed by atoms with E-state index in [0.717, 1.165) is 24.5 Å². The molecule has 1 N–H and O–H groups in total. The van der Waals surface area contributed by atoms with Gasteiger partial charge in [0.05, 0.1) is 11.6 Å². The van der Waals surface area contributed by atoms with Crippen molar-refractivity contribution in [1.82, 2.24) is 5.32 Å². The molecular weight excluding hydrogens is 246 g/mol. The highest BCUT2D eigenvalue weighted by atomic mass is 35.5. The second kappa shape index (κ2) is 6.05. The highest BCUT2D eigenvalue weighted by Crippen LogP contribution is 2.43. The summed E-state index contributed by atoms with van der Waals surface area (Å²) in [4.78, 5) is 0. The molecule has 1 fully saturated rings. The van der Waals surface area contributed by atoms with Crippen molar-refractivity contribution in [2.45, 2.75) is 44.2 Å². The Hall–Kier alpha value is -0.570. The topological polar surface area (TPSA) is 21.3 Å². The first-order valence-corrected chi connectivity index (χ1v) is 7.16. The predicted molar refractivity (Wildman–Crippen MR) is 76.1 cm³/mol. The summed E-state index contributed by atoms with van der Waals surface area (Å²) in [5.74, 6) is 0. The van der Waals surface area contributed by atoms with Gasteiger partial charge in [0.2, 0.25) is 0 Å². The van der Waals surface area contributed by atoms with Gasteiger partial charge in [-0.1, -0.05) is 36.6 Å². The van der Waals surface area contributed by atoms with Gasteiger partial charge in [0.15, 0.2) is 0 Å². The Labute approximate surface area is 115 Å². The molecule has 0 bridgehead atoms. The summed E-state index contributed by atoms with van der Waals surface area (Å²) in [6.07, 6.45) is 4.75. The lowest BCUT2D eigenvalue weighted by Crippen LogP contribution is -2.43. The molecule has 1 aliphatic carbocycles. The Morgan fingerprint density at radius 1 is 1.39 bits per heavy atom. The van der Waals surface area contributed by atoms with E-state index in [-0.39, 0.29) is 11.6 Å². The standard InChI is InChI=1S/C15H22ClNO/c1-3-18-15(9-4-5-10-15)14(17-2)12-7-6-8-13(16)11-12/h6-8,11,14,17H,3-5,9-10H2,1-2H3. The van der Waals surface area contributed by atoms with Gasteiger partial charge in [-0.2, -0.15) is 0 Å². The van der Waals surface area contributed by atoms with Gasteiger partial charge in [-0.3, -0.25) is 0 Å². The minimum atomic E-state index is -0.0613. The maximum atomic E-state index is 6.13. The largest absolute Gasteiger partial charge is 0.373 e. The van der Waals surface area contributed by atoms with Crippen molar-refractivity contribution in [3.63, 3.8) is 0 Å². The molecule has 100 valence electrons. The molecular formula is C15H22ClNO. The van der Waals surface area contributed by atoms with Crippen molar-refractivity contribution in [2.24, 2.45) is 0 Å². The first-order valence-electron chi connectivity index (χ1n) is 6.78. The number of hydrogen-bond donors (Lipinski definition) is 1. The van der Waals surface area contributed by atoms with Crippen LogP contribution in [0.3, 0.4) is 0 Å². The minimum absolute atomic E-state index is 0.0613. The Morgan fingerprint density at radius 2 is 2.11 bits per heavy atom. The lowest BCUT2D eigenvalue weighted by Gasteiger charge is -2.37. The Kier molecular flexibility index (Phi) is 4.66. The van der Waals surface area contributed by atoms with E-state index in [1.165, 1.54) is 18.4 Å². The maximum Gasteiger partial charge on any atom is 0.0876 e. The summed E-state index contributed by atoms with van der Waals surface area (Å²) in [5, 5.41) is 4.22. The van der Waals surface area contributed by atoms with Gasteiger partial charge in [-0.05, 0) is 44.5 Å². The van der Waals surface area contributed by atoms with Gasteiger partial charge in [0, 0.05) is 11.6 Å². The Bertz CT molecular complexity index is 388. The van der Waals surface area contributed by atoms with E-state index < -0.39 is 0 Å². The van der Waals surface area contributed by atoms with Crippen LogP contribution in [-0.2, 0) is 4.74 Å². The number of rotatable bonds is 5. The van der Waals surface area contributed by atoms with Crippen molar-refractivity contribution in [1.29, 1.82) is 0 Å². The molecule has 0 aromatic heterocycles. The van der Waals surface area contributed by atoms with Crippen molar-refractivity contribution in [3.8, 4) is 0 Å². The van der Waals surface area contributed by atoms with E-state index in [4.69, 9.17) is 16.3 Å². The molecule has 0 spiro atoms. The fraction of sp³-hybridized carbons (Fsp3) is 0.600. The molecule has 0 radical (unpaired) electrons. The van der Waals surface area contributed by atoms with Crippen LogP contribution in [0.5, 0.6) is 0 Å². The normalized spacial score (nSPS) is 19.9. The number of ether oxygens (including phenoxy) is 1. The van der Waals surface area contributed by atoms with Crippen molar-refractivity contribution in [3.05, 3.63) is 34.9 Å². The van der Waals surface area contributed by atoms with Crippen LogP contribution in [0.25, 0.3) is 0 Å². The summed E-state index contributed by atoms with van der Waals surface area (Å²) >= 11 is 6.11. The highest BCUT2D eigenvalue weighted by molar-refractivity contribution is 6.30. The van der Waals surface area contributed by atoms with Crippen LogP contribution in [0.1, 0.15) is 44.2 Å². The van der Waals surface area contributed by atoms with E-state index in [1.807, 2.05) is 25.2 Å². The van der Waals surface area contributed by atoms with Crippen LogP contribution < -0.4 is 5.32 Å². The second-order valence-electron chi connectivity index (χ2n) is 4.98. The molecule has 1 atom stereocenters. The van der Waals surface area contributed by atoms with E-state index in [9.17, 15) is 0 Å². The monoisotopic (exact) mass is 267 g/mol. The quantitative estimate of drug-likeness (QED) is 0.872. The van der Waals surface area contributed by atoms with Crippen LogP contribution in [0.2, 0.25) is 5.02 Å². The number of benzene rings is 1. The van der Waals surface area contributed by atoms with Gasteiger partial charge in [0.1, 0.15) is 0 Å². The molecule has 1 aliphatic rings. The van der Waals surface area contributed by atoms with Crippen LogP contribution >= 0.6 is 11.6 Å². The molecule has 2 rings (SSSR count). The van der Waals surface area contributed by atoms with Crippen molar-refractivity contribution in [2.75, 3.05) is 13.7 Å². The minimum Gasteiger partial charge on any atom is -0.373 e.